The standard InChI is InChI=1S/C15H21BrN2O2/c16-14-3-1-2-12(10-14)4-7-17-15(19)18-11-13-5-8-20-9-6-13/h1-3,10,13H,4-9,11H2,(H2,17,18,19). The van der Waals surface area contributed by atoms with Gasteiger partial charge in [0.2, 0.25) is 0 Å². The molecular weight excluding hydrogens is 320 g/mol. The number of carbonyl (C=O) groups is 1. The van der Waals surface area contributed by atoms with Gasteiger partial charge in [0.15, 0.2) is 0 Å². The molecule has 0 saturated carbocycles. The minimum atomic E-state index is -0.0773. The van der Waals surface area contributed by atoms with E-state index in [-0.39, 0.29) is 6.03 Å². The van der Waals surface area contributed by atoms with Crippen LogP contribution < -0.4 is 10.6 Å². The van der Waals surface area contributed by atoms with Crippen LogP contribution in [0, 0.1) is 5.92 Å². The lowest BCUT2D eigenvalue weighted by Crippen LogP contribution is -2.40. The highest BCUT2D eigenvalue weighted by Gasteiger charge is 2.14. The number of amides is 2. The van der Waals surface area contributed by atoms with Crippen LogP contribution in [-0.2, 0) is 11.2 Å². The van der Waals surface area contributed by atoms with Crippen molar-refractivity contribution in [3.63, 3.8) is 0 Å². The van der Waals surface area contributed by atoms with Crippen LogP contribution in [0.3, 0.4) is 0 Å². The van der Waals surface area contributed by atoms with E-state index in [9.17, 15) is 4.79 Å². The second-order valence-electron chi connectivity index (χ2n) is 5.07. The molecule has 2 rings (SSSR count). The first-order valence-corrected chi connectivity index (χ1v) is 7.87. The molecule has 1 aliphatic rings. The summed E-state index contributed by atoms with van der Waals surface area (Å²) in [7, 11) is 0. The molecule has 0 bridgehead atoms. The highest BCUT2D eigenvalue weighted by atomic mass is 79.9. The Bertz CT molecular complexity index is 434. The van der Waals surface area contributed by atoms with Crippen molar-refractivity contribution in [2.24, 2.45) is 5.92 Å². The Balaban J connectivity index is 1.60. The van der Waals surface area contributed by atoms with Crippen LogP contribution >= 0.6 is 15.9 Å². The molecule has 2 N–H and O–H groups in total. The molecule has 1 aromatic rings. The van der Waals surface area contributed by atoms with Crippen LogP contribution in [-0.4, -0.2) is 32.3 Å². The Kier molecular flexibility index (Phi) is 6.33. The molecule has 1 heterocycles. The molecule has 1 aromatic carbocycles. The third-order valence-electron chi connectivity index (χ3n) is 3.48. The van der Waals surface area contributed by atoms with Crippen LogP contribution in [0.1, 0.15) is 18.4 Å². The van der Waals surface area contributed by atoms with Crippen molar-refractivity contribution in [2.75, 3.05) is 26.3 Å². The van der Waals surface area contributed by atoms with Crippen molar-refractivity contribution in [1.29, 1.82) is 0 Å². The zero-order valence-corrected chi connectivity index (χ0v) is 13.1. The summed E-state index contributed by atoms with van der Waals surface area (Å²) in [5.41, 5.74) is 1.21. The van der Waals surface area contributed by atoms with Crippen molar-refractivity contribution in [1.82, 2.24) is 10.6 Å². The van der Waals surface area contributed by atoms with Gasteiger partial charge in [-0.05, 0) is 42.9 Å². The van der Waals surface area contributed by atoms with Gasteiger partial charge in [-0.25, -0.2) is 4.79 Å². The lowest BCUT2D eigenvalue weighted by atomic mass is 10.0. The number of hydrogen-bond acceptors (Lipinski definition) is 2. The Hall–Kier alpha value is -1.07. The lowest BCUT2D eigenvalue weighted by molar-refractivity contribution is 0.0669. The number of urea groups is 1. The monoisotopic (exact) mass is 340 g/mol. The van der Waals surface area contributed by atoms with Gasteiger partial charge in [0, 0.05) is 30.8 Å². The molecule has 20 heavy (non-hydrogen) atoms. The molecule has 0 radical (unpaired) electrons. The molecule has 0 aromatic heterocycles. The average Bonchev–Trinajstić information content (AvgIpc) is 2.46. The quantitative estimate of drug-likeness (QED) is 0.865. The molecule has 1 aliphatic heterocycles. The van der Waals surface area contributed by atoms with E-state index < -0.39 is 0 Å². The van der Waals surface area contributed by atoms with Gasteiger partial charge in [-0.2, -0.15) is 0 Å². The van der Waals surface area contributed by atoms with Gasteiger partial charge in [0.25, 0.3) is 0 Å². The number of carbonyl (C=O) groups excluding carboxylic acids is 1. The molecule has 2 amide bonds. The van der Waals surface area contributed by atoms with Gasteiger partial charge in [0.05, 0.1) is 0 Å². The third kappa shape index (κ3) is 5.51. The Morgan fingerprint density at radius 3 is 2.85 bits per heavy atom. The fourth-order valence-electron chi connectivity index (χ4n) is 2.26. The zero-order valence-electron chi connectivity index (χ0n) is 11.5. The van der Waals surface area contributed by atoms with Crippen molar-refractivity contribution >= 4 is 22.0 Å². The predicted molar refractivity (Wildman–Crippen MR) is 82.8 cm³/mol. The van der Waals surface area contributed by atoms with Crippen LogP contribution in [0.5, 0.6) is 0 Å². The molecular formula is C15H21BrN2O2. The molecule has 0 spiro atoms. The van der Waals surface area contributed by atoms with Crippen molar-refractivity contribution in [3.8, 4) is 0 Å². The molecule has 5 heteroatoms. The molecule has 0 atom stereocenters. The summed E-state index contributed by atoms with van der Waals surface area (Å²) in [6.07, 6.45) is 2.92. The van der Waals surface area contributed by atoms with Crippen molar-refractivity contribution < 1.29 is 9.53 Å². The fourth-order valence-corrected chi connectivity index (χ4v) is 2.71. The summed E-state index contributed by atoms with van der Waals surface area (Å²) in [6.45, 7) is 3.02. The first-order chi connectivity index (χ1) is 9.74. The van der Waals surface area contributed by atoms with E-state index in [1.807, 2.05) is 12.1 Å². The summed E-state index contributed by atoms with van der Waals surface area (Å²) in [5, 5.41) is 5.83. The Morgan fingerprint density at radius 1 is 1.30 bits per heavy atom. The first kappa shape index (κ1) is 15.3. The SMILES string of the molecule is O=C(NCCc1cccc(Br)c1)NCC1CCOCC1. The van der Waals surface area contributed by atoms with E-state index in [0.717, 1.165) is 43.5 Å². The highest BCUT2D eigenvalue weighted by Crippen LogP contribution is 2.13. The van der Waals surface area contributed by atoms with E-state index in [1.54, 1.807) is 0 Å². The third-order valence-corrected chi connectivity index (χ3v) is 3.97. The maximum absolute atomic E-state index is 11.7. The smallest absolute Gasteiger partial charge is 0.314 e. The summed E-state index contributed by atoms with van der Waals surface area (Å²) >= 11 is 3.44. The average molecular weight is 341 g/mol. The minimum absolute atomic E-state index is 0.0773. The lowest BCUT2D eigenvalue weighted by Gasteiger charge is -2.22. The first-order valence-electron chi connectivity index (χ1n) is 7.08. The van der Waals surface area contributed by atoms with E-state index in [2.05, 4.69) is 38.7 Å². The Labute approximate surface area is 128 Å². The number of rotatable bonds is 5. The van der Waals surface area contributed by atoms with Gasteiger partial charge in [-0.1, -0.05) is 28.1 Å². The summed E-state index contributed by atoms with van der Waals surface area (Å²) in [4.78, 5) is 11.7. The maximum atomic E-state index is 11.7. The number of hydrogen-bond donors (Lipinski definition) is 2. The van der Waals surface area contributed by atoms with Gasteiger partial charge in [0.1, 0.15) is 0 Å². The normalized spacial score (nSPS) is 15.8. The van der Waals surface area contributed by atoms with Crippen LogP contribution in [0.15, 0.2) is 28.7 Å². The van der Waals surface area contributed by atoms with Crippen LogP contribution in [0.2, 0.25) is 0 Å². The topological polar surface area (TPSA) is 50.4 Å². The van der Waals surface area contributed by atoms with E-state index >= 15 is 0 Å². The number of nitrogens with one attached hydrogen (secondary N) is 2. The van der Waals surface area contributed by atoms with Crippen molar-refractivity contribution in [2.45, 2.75) is 19.3 Å². The molecule has 110 valence electrons. The summed E-state index contributed by atoms with van der Waals surface area (Å²) in [6, 6.07) is 8.06. The van der Waals surface area contributed by atoms with Gasteiger partial charge in [-0.3, -0.25) is 0 Å². The summed E-state index contributed by atoms with van der Waals surface area (Å²) in [5.74, 6) is 0.555. The van der Waals surface area contributed by atoms with E-state index in [1.165, 1.54) is 5.56 Å². The number of benzene rings is 1. The number of ether oxygens (including phenoxy) is 1. The predicted octanol–water partition coefficient (Wildman–Crippen LogP) is 2.72. The van der Waals surface area contributed by atoms with Crippen LogP contribution in [0.4, 0.5) is 4.79 Å². The molecule has 0 aliphatic carbocycles. The van der Waals surface area contributed by atoms with Gasteiger partial charge < -0.3 is 15.4 Å². The highest BCUT2D eigenvalue weighted by molar-refractivity contribution is 9.10. The maximum Gasteiger partial charge on any atom is 0.314 e. The summed E-state index contributed by atoms with van der Waals surface area (Å²) < 4.78 is 6.37. The molecule has 1 saturated heterocycles. The van der Waals surface area contributed by atoms with Gasteiger partial charge in [-0.15, -0.1) is 0 Å². The molecule has 1 fully saturated rings. The second kappa shape index (κ2) is 8.27. The largest absolute Gasteiger partial charge is 0.381 e. The van der Waals surface area contributed by atoms with E-state index in [4.69, 9.17) is 4.74 Å². The fraction of sp³-hybridized carbons (Fsp3) is 0.533. The number of halogens is 1. The zero-order chi connectivity index (χ0) is 14.2. The van der Waals surface area contributed by atoms with E-state index in [0.29, 0.717) is 12.5 Å². The van der Waals surface area contributed by atoms with Crippen LogP contribution in [0.25, 0.3) is 0 Å². The Morgan fingerprint density at radius 2 is 2.10 bits per heavy atom. The molecule has 4 nitrogen and oxygen atoms in total. The molecule has 0 unspecified atom stereocenters. The second-order valence-corrected chi connectivity index (χ2v) is 5.99. The van der Waals surface area contributed by atoms with Gasteiger partial charge >= 0.3 is 6.03 Å². The van der Waals surface area contributed by atoms with Crippen molar-refractivity contribution in [3.05, 3.63) is 34.3 Å². The minimum Gasteiger partial charge on any atom is -0.381 e.